The first kappa shape index (κ1) is 9.42. The molecule has 0 saturated carbocycles. The van der Waals surface area contributed by atoms with E-state index in [9.17, 15) is 0 Å². The molecule has 2 rings (SSSR count). The van der Waals surface area contributed by atoms with Crippen LogP contribution in [0, 0.1) is 6.57 Å². The lowest BCUT2D eigenvalue weighted by Gasteiger charge is -2.00. The maximum Gasteiger partial charge on any atom is 0.239 e. The minimum Gasteiger partial charge on any atom is -0.312 e. The molecule has 0 atom stereocenters. The van der Waals surface area contributed by atoms with Crippen LogP contribution in [0.15, 0.2) is 48.8 Å². The Balaban J connectivity index is 2.29. The second-order valence-electron chi connectivity index (χ2n) is 3.25. The van der Waals surface area contributed by atoms with Gasteiger partial charge < -0.3 is 4.85 Å². The highest BCUT2D eigenvalue weighted by Gasteiger charge is 1.98. The molecule has 0 fully saturated rings. The van der Waals surface area contributed by atoms with E-state index in [2.05, 4.69) is 9.83 Å². The third-order valence-electron chi connectivity index (χ3n) is 2.23. The van der Waals surface area contributed by atoms with E-state index in [1.807, 2.05) is 36.4 Å². The topological polar surface area (TPSA) is 17.2 Å². The van der Waals surface area contributed by atoms with E-state index in [1.165, 1.54) is 0 Å². The lowest BCUT2D eigenvalue weighted by molar-refractivity contribution is 1.26. The summed E-state index contributed by atoms with van der Waals surface area (Å²) in [4.78, 5) is 7.33. The molecule has 0 aliphatic heterocycles. The number of benzene rings is 1. The summed E-state index contributed by atoms with van der Waals surface area (Å²) in [6, 6.07) is 12.0. The summed E-state index contributed by atoms with van der Waals surface area (Å²) in [6.07, 6.45) is 3.56. The molecular formula is C13H10N2. The fraction of sp³-hybridized carbons (Fsp3) is 0.0769. The van der Waals surface area contributed by atoms with Crippen molar-refractivity contribution >= 4 is 0 Å². The van der Waals surface area contributed by atoms with E-state index in [4.69, 9.17) is 6.57 Å². The minimum atomic E-state index is 0.455. The zero-order valence-electron chi connectivity index (χ0n) is 8.22. The van der Waals surface area contributed by atoms with E-state index < -0.39 is 0 Å². The van der Waals surface area contributed by atoms with Crippen molar-refractivity contribution in [2.75, 3.05) is 0 Å². The van der Waals surface area contributed by atoms with E-state index in [1.54, 1.807) is 12.4 Å². The molecular weight excluding hydrogens is 184 g/mol. The number of hydrogen-bond donors (Lipinski definition) is 0. The van der Waals surface area contributed by atoms with E-state index in [0.717, 1.165) is 16.7 Å². The molecule has 2 heteroatoms. The Morgan fingerprint density at radius 2 is 1.53 bits per heavy atom. The van der Waals surface area contributed by atoms with Crippen LogP contribution in [0.4, 0.5) is 0 Å². The second kappa shape index (κ2) is 4.39. The fourth-order valence-electron chi connectivity index (χ4n) is 1.44. The fourth-order valence-corrected chi connectivity index (χ4v) is 1.44. The van der Waals surface area contributed by atoms with Crippen molar-refractivity contribution in [2.24, 2.45) is 0 Å². The zero-order chi connectivity index (χ0) is 10.5. The summed E-state index contributed by atoms with van der Waals surface area (Å²) in [7, 11) is 0. The molecule has 0 unspecified atom stereocenters. The van der Waals surface area contributed by atoms with Crippen molar-refractivity contribution < 1.29 is 0 Å². The van der Waals surface area contributed by atoms with Crippen molar-refractivity contribution in [3.63, 3.8) is 0 Å². The maximum absolute atomic E-state index is 6.77. The van der Waals surface area contributed by atoms with Crippen LogP contribution in [0.25, 0.3) is 16.0 Å². The molecule has 2 nitrogen and oxygen atoms in total. The molecule has 0 spiro atoms. The average Bonchev–Trinajstić information content (AvgIpc) is 2.32. The van der Waals surface area contributed by atoms with E-state index in [0.29, 0.717) is 6.54 Å². The molecule has 0 amide bonds. The van der Waals surface area contributed by atoms with Gasteiger partial charge in [0.25, 0.3) is 0 Å². The molecule has 0 aliphatic carbocycles. The summed E-state index contributed by atoms with van der Waals surface area (Å²) < 4.78 is 0. The average molecular weight is 194 g/mol. The first-order valence-electron chi connectivity index (χ1n) is 4.73. The predicted molar refractivity (Wildman–Crippen MR) is 60.0 cm³/mol. The van der Waals surface area contributed by atoms with Crippen LogP contribution in [0.5, 0.6) is 0 Å². The number of rotatable bonds is 2. The highest BCUT2D eigenvalue weighted by Crippen LogP contribution is 2.18. The number of aromatic nitrogens is 1. The third kappa shape index (κ3) is 2.21. The summed E-state index contributed by atoms with van der Waals surface area (Å²) in [5.74, 6) is 0. The van der Waals surface area contributed by atoms with Gasteiger partial charge in [0.05, 0.1) is 0 Å². The quantitative estimate of drug-likeness (QED) is 0.671. The Morgan fingerprint density at radius 3 is 2.13 bits per heavy atom. The van der Waals surface area contributed by atoms with E-state index in [-0.39, 0.29) is 0 Å². The first-order valence-corrected chi connectivity index (χ1v) is 4.73. The smallest absolute Gasteiger partial charge is 0.239 e. The third-order valence-corrected chi connectivity index (χ3v) is 2.23. The molecule has 0 bridgehead atoms. The van der Waals surface area contributed by atoms with Gasteiger partial charge in [-0.3, -0.25) is 4.98 Å². The molecule has 72 valence electrons. The summed E-state index contributed by atoms with van der Waals surface area (Å²) in [6.45, 7) is 7.23. The number of hydrogen-bond acceptors (Lipinski definition) is 1. The van der Waals surface area contributed by atoms with Crippen LogP contribution >= 0.6 is 0 Å². The van der Waals surface area contributed by atoms with Crippen LogP contribution in [0.3, 0.4) is 0 Å². The summed E-state index contributed by atoms with van der Waals surface area (Å²) in [5, 5.41) is 0. The van der Waals surface area contributed by atoms with Crippen LogP contribution in [0.2, 0.25) is 0 Å². The summed E-state index contributed by atoms with van der Waals surface area (Å²) in [5.41, 5.74) is 3.37. The van der Waals surface area contributed by atoms with Crippen molar-refractivity contribution in [1.82, 2.24) is 4.98 Å². The molecule has 0 saturated heterocycles. The van der Waals surface area contributed by atoms with Crippen molar-refractivity contribution in [2.45, 2.75) is 6.54 Å². The molecule has 0 N–H and O–H groups in total. The monoisotopic (exact) mass is 194 g/mol. The molecule has 2 aromatic rings. The van der Waals surface area contributed by atoms with Gasteiger partial charge >= 0.3 is 0 Å². The maximum atomic E-state index is 6.77. The zero-order valence-corrected chi connectivity index (χ0v) is 8.22. The Labute approximate surface area is 89.0 Å². The van der Waals surface area contributed by atoms with Gasteiger partial charge in [-0.05, 0) is 23.3 Å². The van der Waals surface area contributed by atoms with Crippen LogP contribution in [0.1, 0.15) is 5.56 Å². The lowest BCUT2D eigenvalue weighted by Crippen LogP contribution is -1.81. The van der Waals surface area contributed by atoms with Gasteiger partial charge in [-0.1, -0.05) is 24.3 Å². The van der Waals surface area contributed by atoms with Crippen molar-refractivity contribution in [3.8, 4) is 11.1 Å². The van der Waals surface area contributed by atoms with Gasteiger partial charge in [0.15, 0.2) is 0 Å². The van der Waals surface area contributed by atoms with Crippen molar-refractivity contribution in [1.29, 1.82) is 0 Å². The Hall–Kier alpha value is -2.14. The number of nitrogens with zero attached hydrogens (tertiary/aromatic N) is 2. The standard InChI is InChI=1S/C13H10N2/c1-14-10-11-2-4-12(5-3-11)13-6-8-15-9-7-13/h2-9H,10H2. The van der Waals surface area contributed by atoms with Crippen molar-refractivity contribution in [3.05, 3.63) is 65.8 Å². The van der Waals surface area contributed by atoms with Gasteiger partial charge in [-0.2, -0.15) is 0 Å². The molecule has 0 aliphatic rings. The van der Waals surface area contributed by atoms with Gasteiger partial charge in [0.1, 0.15) is 0 Å². The normalized spacial score (nSPS) is 9.53. The largest absolute Gasteiger partial charge is 0.312 e. The van der Waals surface area contributed by atoms with Gasteiger partial charge in [0.2, 0.25) is 6.54 Å². The molecule has 1 aromatic heterocycles. The van der Waals surface area contributed by atoms with Crippen LogP contribution < -0.4 is 0 Å². The van der Waals surface area contributed by atoms with Gasteiger partial charge in [0, 0.05) is 18.0 Å². The van der Waals surface area contributed by atoms with Gasteiger partial charge in [-0.15, -0.1) is 0 Å². The Kier molecular flexibility index (Phi) is 2.75. The molecule has 0 radical (unpaired) electrons. The highest BCUT2D eigenvalue weighted by molar-refractivity contribution is 5.62. The number of pyridine rings is 1. The Morgan fingerprint density at radius 1 is 0.933 bits per heavy atom. The van der Waals surface area contributed by atoms with Gasteiger partial charge in [-0.25, -0.2) is 6.57 Å². The summed E-state index contributed by atoms with van der Waals surface area (Å²) >= 11 is 0. The minimum absolute atomic E-state index is 0.455. The second-order valence-corrected chi connectivity index (χ2v) is 3.25. The van der Waals surface area contributed by atoms with Crippen LogP contribution in [-0.2, 0) is 6.54 Å². The molecule has 1 heterocycles. The van der Waals surface area contributed by atoms with E-state index >= 15 is 0 Å². The predicted octanol–water partition coefficient (Wildman–Crippen LogP) is 3.17. The SMILES string of the molecule is [C-]#[N+]Cc1ccc(-c2ccncc2)cc1. The van der Waals surface area contributed by atoms with Crippen LogP contribution in [-0.4, -0.2) is 4.98 Å². The molecule has 15 heavy (non-hydrogen) atoms. The lowest BCUT2D eigenvalue weighted by atomic mass is 10.1. The first-order chi connectivity index (χ1) is 7.40. The molecule has 1 aromatic carbocycles. The highest BCUT2D eigenvalue weighted by atomic mass is 14.6. The Bertz CT molecular complexity index is 466.